The first-order chi connectivity index (χ1) is 13.3. The number of carbonyl (C=O) groups excluding carboxylic acids is 1. The summed E-state index contributed by atoms with van der Waals surface area (Å²) >= 11 is 0. The molecule has 3 aromatic carbocycles. The molecule has 0 atom stereocenters. The van der Waals surface area contributed by atoms with Crippen molar-refractivity contribution in [3.8, 4) is 5.75 Å². The van der Waals surface area contributed by atoms with E-state index in [4.69, 9.17) is 4.74 Å². The van der Waals surface area contributed by atoms with Crippen molar-refractivity contribution in [2.24, 2.45) is 0 Å². The van der Waals surface area contributed by atoms with E-state index in [-0.39, 0.29) is 18.5 Å². The highest BCUT2D eigenvalue weighted by Gasteiger charge is 2.16. The van der Waals surface area contributed by atoms with Gasteiger partial charge in [0.25, 0.3) is 0 Å². The summed E-state index contributed by atoms with van der Waals surface area (Å²) in [6.45, 7) is 1.36. The molecule has 138 valence electrons. The minimum Gasteiger partial charge on any atom is -0.492 e. The molecule has 0 radical (unpaired) electrons. The molecule has 0 bridgehead atoms. The van der Waals surface area contributed by atoms with Gasteiger partial charge in [0.15, 0.2) is 0 Å². The zero-order valence-electron chi connectivity index (χ0n) is 15.2. The number of nitrogens with one attached hydrogen (secondary N) is 2. The summed E-state index contributed by atoms with van der Waals surface area (Å²) in [5.41, 5.74) is 2.12. The quantitative estimate of drug-likeness (QED) is 0.574. The van der Waals surface area contributed by atoms with Gasteiger partial charge < -0.3 is 15.4 Å². The molecular formula is C23H24N2O2. The van der Waals surface area contributed by atoms with Gasteiger partial charge in [0.1, 0.15) is 12.4 Å². The van der Waals surface area contributed by atoms with Gasteiger partial charge in [0.05, 0.1) is 12.6 Å². The maximum absolute atomic E-state index is 12.4. The van der Waals surface area contributed by atoms with Crippen molar-refractivity contribution >= 4 is 5.91 Å². The number of hydrogen-bond acceptors (Lipinski definition) is 3. The Morgan fingerprint density at radius 2 is 1.30 bits per heavy atom. The van der Waals surface area contributed by atoms with Crippen LogP contribution in [-0.2, 0) is 4.79 Å². The molecule has 0 aliphatic rings. The lowest BCUT2D eigenvalue weighted by atomic mass is 9.99. The normalized spacial score (nSPS) is 10.6. The lowest BCUT2D eigenvalue weighted by Gasteiger charge is -2.20. The monoisotopic (exact) mass is 360 g/mol. The van der Waals surface area contributed by atoms with Crippen LogP contribution in [0.5, 0.6) is 5.75 Å². The van der Waals surface area contributed by atoms with E-state index in [2.05, 4.69) is 10.6 Å². The smallest absolute Gasteiger partial charge is 0.234 e. The molecule has 0 saturated heterocycles. The van der Waals surface area contributed by atoms with Gasteiger partial charge in [-0.15, -0.1) is 0 Å². The minimum atomic E-state index is -0.165. The zero-order chi connectivity index (χ0) is 18.7. The van der Waals surface area contributed by atoms with Crippen LogP contribution >= 0.6 is 0 Å². The summed E-state index contributed by atoms with van der Waals surface area (Å²) in [6.07, 6.45) is 0. The van der Waals surface area contributed by atoms with Crippen molar-refractivity contribution in [1.29, 1.82) is 0 Å². The Hall–Kier alpha value is -3.11. The fraction of sp³-hybridized carbons (Fsp3) is 0.174. The van der Waals surface area contributed by atoms with Crippen LogP contribution in [-0.4, -0.2) is 25.6 Å². The van der Waals surface area contributed by atoms with Crippen LogP contribution in [0.2, 0.25) is 0 Å². The van der Waals surface area contributed by atoms with Gasteiger partial charge in [-0.3, -0.25) is 4.79 Å². The summed E-state index contributed by atoms with van der Waals surface area (Å²) in [6, 6.07) is 29.5. The van der Waals surface area contributed by atoms with Gasteiger partial charge in [0.2, 0.25) is 5.91 Å². The lowest BCUT2D eigenvalue weighted by Crippen LogP contribution is -2.38. The number of benzene rings is 3. The predicted molar refractivity (Wildman–Crippen MR) is 108 cm³/mol. The van der Waals surface area contributed by atoms with Crippen molar-refractivity contribution in [3.05, 3.63) is 102 Å². The van der Waals surface area contributed by atoms with Gasteiger partial charge in [-0.2, -0.15) is 0 Å². The number of rotatable bonds is 9. The highest BCUT2D eigenvalue weighted by atomic mass is 16.5. The molecule has 0 aromatic heterocycles. The molecule has 4 heteroatoms. The third-order valence-electron chi connectivity index (χ3n) is 4.15. The van der Waals surface area contributed by atoms with E-state index in [0.717, 1.165) is 16.9 Å². The summed E-state index contributed by atoms with van der Waals surface area (Å²) in [7, 11) is 0. The van der Waals surface area contributed by atoms with E-state index < -0.39 is 0 Å². The highest BCUT2D eigenvalue weighted by molar-refractivity contribution is 5.79. The van der Waals surface area contributed by atoms with Crippen molar-refractivity contribution in [3.63, 3.8) is 0 Å². The molecule has 0 heterocycles. The van der Waals surface area contributed by atoms with Crippen molar-refractivity contribution < 1.29 is 9.53 Å². The van der Waals surface area contributed by atoms with Crippen molar-refractivity contribution in [2.75, 3.05) is 19.7 Å². The molecule has 0 aliphatic carbocycles. The second kappa shape index (κ2) is 10.1. The van der Waals surface area contributed by atoms with E-state index in [1.165, 1.54) is 0 Å². The fourth-order valence-corrected chi connectivity index (χ4v) is 2.82. The molecule has 4 nitrogen and oxygen atoms in total. The number of hydrogen-bond donors (Lipinski definition) is 2. The van der Waals surface area contributed by atoms with Gasteiger partial charge >= 0.3 is 0 Å². The molecule has 0 fully saturated rings. The van der Waals surface area contributed by atoms with Crippen molar-refractivity contribution in [1.82, 2.24) is 10.6 Å². The Morgan fingerprint density at radius 1 is 0.778 bits per heavy atom. The number of para-hydroxylation sites is 1. The molecule has 27 heavy (non-hydrogen) atoms. The van der Waals surface area contributed by atoms with Crippen molar-refractivity contribution in [2.45, 2.75) is 6.04 Å². The summed E-state index contributed by atoms with van der Waals surface area (Å²) in [4.78, 5) is 12.4. The van der Waals surface area contributed by atoms with E-state index in [1.54, 1.807) is 0 Å². The number of ether oxygens (including phenoxy) is 1. The van der Waals surface area contributed by atoms with Gasteiger partial charge in [-0.25, -0.2) is 0 Å². The topological polar surface area (TPSA) is 50.4 Å². The molecule has 3 aromatic rings. The first-order valence-corrected chi connectivity index (χ1v) is 9.11. The number of amides is 1. The molecule has 3 rings (SSSR count). The lowest BCUT2D eigenvalue weighted by molar-refractivity contribution is -0.120. The summed E-state index contributed by atoms with van der Waals surface area (Å²) in [5, 5.41) is 6.24. The summed E-state index contributed by atoms with van der Waals surface area (Å²) < 4.78 is 5.61. The van der Waals surface area contributed by atoms with E-state index in [1.807, 2.05) is 91.0 Å². The molecular weight excluding hydrogens is 336 g/mol. The zero-order valence-corrected chi connectivity index (χ0v) is 15.2. The Bertz CT molecular complexity index is 768. The maximum atomic E-state index is 12.4. The van der Waals surface area contributed by atoms with Gasteiger partial charge in [-0.05, 0) is 23.3 Å². The minimum absolute atomic E-state index is 0.0487. The summed E-state index contributed by atoms with van der Waals surface area (Å²) in [5.74, 6) is 0.782. The third kappa shape index (κ3) is 5.97. The average molecular weight is 360 g/mol. The van der Waals surface area contributed by atoms with Crippen LogP contribution in [0, 0.1) is 0 Å². The van der Waals surface area contributed by atoms with Crippen LogP contribution in [0.4, 0.5) is 0 Å². The highest BCUT2D eigenvalue weighted by Crippen LogP contribution is 2.21. The first-order valence-electron chi connectivity index (χ1n) is 9.11. The fourth-order valence-electron chi connectivity index (χ4n) is 2.82. The largest absolute Gasteiger partial charge is 0.492 e. The molecule has 1 amide bonds. The Balaban J connectivity index is 1.49. The second-order valence-corrected chi connectivity index (χ2v) is 6.16. The molecule has 0 unspecified atom stereocenters. The Kier molecular flexibility index (Phi) is 7.01. The molecule has 0 saturated carbocycles. The van der Waals surface area contributed by atoms with Crippen LogP contribution in [0.1, 0.15) is 17.2 Å². The average Bonchev–Trinajstić information content (AvgIpc) is 2.74. The van der Waals surface area contributed by atoms with E-state index in [0.29, 0.717) is 13.2 Å². The third-order valence-corrected chi connectivity index (χ3v) is 4.15. The number of carbonyl (C=O) groups is 1. The van der Waals surface area contributed by atoms with E-state index in [9.17, 15) is 4.79 Å². The van der Waals surface area contributed by atoms with Crippen LogP contribution in [0.15, 0.2) is 91.0 Å². The molecule has 2 N–H and O–H groups in total. The second-order valence-electron chi connectivity index (χ2n) is 6.16. The first kappa shape index (κ1) is 18.7. The Labute approximate surface area is 160 Å². The maximum Gasteiger partial charge on any atom is 0.234 e. The molecule has 0 spiro atoms. The van der Waals surface area contributed by atoms with Crippen LogP contribution < -0.4 is 15.4 Å². The Morgan fingerprint density at radius 3 is 1.85 bits per heavy atom. The SMILES string of the molecule is O=C(CNCCOc1ccccc1)NC(c1ccccc1)c1ccccc1. The van der Waals surface area contributed by atoms with Crippen LogP contribution in [0.25, 0.3) is 0 Å². The van der Waals surface area contributed by atoms with Gasteiger partial charge in [-0.1, -0.05) is 78.9 Å². The molecule has 0 aliphatic heterocycles. The standard InChI is InChI=1S/C23H24N2O2/c26-22(18-24-16-17-27-21-14-8-3-9-15-21)25-23(19-10-4-1-5-11-19)20-12-6-2-7-13-20/h1-15,23-24H,16-18H2,(H,25,26). The van der Waals surface area contributed by atoms with Gasteiger partial charge in [0, 0.05) is 6.54 Å². The van der Waals surface area contributed by atoms with Crippen LogP contribution in [0.3, 0.4) is 0 Å². The predicted octanol–water partition coefficient (Wildman–Crippen LogP) is 3.56. The van der Waals surface area contributed by atoms with E-state index >= 15 is 0 Å².